The average Bonchev–Trinajstić information content (AvgIpc) is 3.40. The molecule has 5 nitrogen and oxygen atoms in total. The van der Waals surface area contributed by atoms with Crippen molar-refractivity contribution in [1.29, 1.82) is 5.26 Å². The van der Waals surface area contributed by atoms with Gasteiger partial charge in [-0.1, -0.05) is 43.7 Å². The van der Waals surface area contributed by atoms with Gasteiger partial charge in [-0.3, -0.25) is 10.1 Å². The quantitative estimate of drug-likeness (QED) is 0.428. The molecule has 1 aromatic heterocycles. The van der Waals surface area contributed by atoms with Crippen LogP contribution in [0.3, 0.4) is 0 Å². The highest BCUT2D eigenvalue weighted by Gasteiger charge is 2.47. The minimum absolute atomic E-state index is 0.0318. The topological polar surface area (TPSA) is 80.7 Å². The van der Waals surface area contributed by atoms with Crippen LogP contribution in [0.5, 0.6) is 0 Å². The highest BCUT2D eigenvalue weighted by molar-refractivity contribution is 5.85. The Morgan fingerprint density at radius 3 is 2.45 bits per heavy atom. The molecular weight excluding hydrogens is 429 g/mol. The summed E-state index contributed by atoms with van der Waals surface area (Å²) in [5.41, 5.74) is 1.79. The van der Waals surface area contributed by atoms with E-state index in [0.717, 1.165) is 22.0 Å². The average molecular weight is 454 g/mol. The second kappa shape index (κ2) is 8.91. The van der Waals surface area contributed by atoms with E-state index in [0.29, 0.717) is 19.3 Å². The van der Waals surface area contributed by atoms with Crippen LogP contribution in [-0.2, 0) is 4.79 Å². The maximum absolute atomic E-state index is 14.0. The summed E-state index contributed by atoms with van der Waals surface area (Å²) in [6.45, 7) is 1.80. The fraction of sp³-hybridized carbons (Fsp3) is 0.360. The fourth-order valence-electron chi connectivity index (χ4n) is 3.97. The molecule has 3 N–H and O–H groups in total. The standard InChI is InChI=1S/C25H25F3N4O/c1-2-3-21(23(33)32-24(15-29)11-12-24)31-22(25(26,27)28)17-6-4-16(5-7-17)18-8-9-20-19(14-18)10-13-30-20/h4-10,13-14,21-22,30-31H,2-3,11-12H2,1H3,(H,32,33)/t21-,22-/m0/s1. The van der Waals surface area contributed by atoms with Crippen molar-refractivity contribution in [3.8, 4) is 17.2 Å². The number of carbonyl (C=O) groups is 1. The molecule has 0 saturated heterocycles. The van der Waals surface area contributed by atoms with Gasteiger partial charge in [0.15, 0.2) is 0 Å². The Bertz CT molecular complexity index is 1170. The van der Waals surface area contributed by atoms with Crippen molar-refractivity contribution in [2.75, 3.05) is 0 Å². The van der Waals surface area contributed by atoms with Crippen molar-refractivity contribution in [1.82, 2.24) is 15.6 Å². The SMILES string of the molecule is CCC[C@H](N[C@@H](c1ccc(-c2ccc3[nH]ccc3c2)cc1)C(F)(F)F)C(=O)NC1(C#N)CC1. The van der Waals surface area contributed by atoms with Crippen molar-refractivity contribution < 1.29 is 18.0 Å². The molecule has 1 aliphatic rings. The van der Waals surface area contributed by atoms with E-state index in [4.69, 9.17) is 0 Å². The number of benzene rings is 2. The van der Waals surface area contributed by atoms with Gasteiger partial charge in [0.1, 0.15) is 11.6 Å². The fourth-order valence-corrected chi connectivity index (χ4v) is 3.97. The summed E-state index contributed by atoms with van der Waals surface area (Å²) in [4.78, 5) is 15.8. The number of hydrogen-bond acceptors (Lipinski definition) is 3. The molecule has 3 aromatic rings. The number of H-pyrrole nitrogens is 1. The van der Waals surface area contributed by atoms with Gasteiger partial charge in [0.2, 0.25) is 5.91 Å². The number of nitrogens with zero attached hydrogens (tertiary/aromatic N) is 1. The molecule has 1 heterocycles. The van der Waals surface area contributed by atoms with Gasteiger partial charge in [-0.25, -0.2) is 0 Å². The number of rotatable bonds is 8. The molecule has 1 aliphatic carbocycles. The number of aromatic amines is 1. The minimum Gasteiger partial charge on any atom is -0.361 e. The van der Waals surface area contributed by atoms with Crippen molar-refractivity contribution in [3.63, 3.8) is 0 Å². The first-order valence-corrected chi connectivity index (χ1v) is 11.0. The number of nitrogens with one attached hydrogen (secondary N) is 3. The van der Waals surface area contributed by atoms with E-state index in [2.05, 4.69) is 15.6 Å². The molecule has 1 fully saturated rings. The van der Waals surface area contributed by atoms with Crippen LogP contribution >= 0.6 is 0 Å². The molecule has 2 aromatic carbocycles. The zero-order valence-electron chi connectivity index (χ0n) is 18.2. The first-order chi connectivity index (χ1) is 15.7. The number of carbonyl (C=O) groups excluding carboxylic acids is 1. The molecule has 0 bridgehead atoms. The van der Waals surface area contributed by atoms with Crippen molar-refractivity contribution >= 4 is 16.8 Å². The monoisotopic (exact) mass is 454 g/mol. The molecule has 2 atom stereocenters. The number of halogens is 3. The van der Waals surface area contributed by atoms with Crippen LogP contribution in [0, 0.1) is 11.3 Å². The number of fused-ring (bicyclic) bond motifs is 1. The van der Waals surface area contributed by atoms with E-state index in [1.165, 1.54) is 12.1 Å². The lowest BCUT2D eigenvalue weighted by atomic mass is 9.98. The van der Waals surface area contributed by atoms with Crippen LogP contribution in [0.25, 0.3) is 22.0 Å². The summed E-state index contributed by atoms with van der Waals surface area (Å²) in [5.74, 6) is -0.568. The van der Waals surface area contributed by atoms with E-state index in [9.17, 15) is 23.2 Å². The van der Waals surface area contributed by atoms with Gasteiger partial charge in [0.25, 0.3) is 0 Å². The Kier molecular flexibility index (Phi) is 6.17. The largest absolute Gasteiger partial charge is 0.407 e. The van der Waals surface area contributed by atoms with E-state index in [-0.39, 0.29) is 12.0 Å². The van der Waals surface area contributed by atoms with Gasteiger partial charge >= 0.3 is 6.18 Å². The van der Waals surface area contributed by atoms with Crippen molar-refractivity contribution in [3.05, 3.63) is 60.3 Å². The maximum atomic E-state index is 14.0. The molecule has 33 heavy (non-hydrogen) atoms. The number of hydrogen-bond donors (Lipinski definition) is 3. The van der Waals surface area contributed by atoms with Crippen LogP contribution in [0.4, 0.5) is 13.2 Å². The molecule has 0 aliphatic heterocycles. The van der Waals surface area contributed by atoms with Crippen LogP contribution in [-0.4, -0.2) is 28.6 Å². The first kappa shape index (κ1) is 22.9. The molecule has 172 valence electrons. The summed E-state index contributed by atoms with van der Waals surface area (Å²) in [6.07, 6.45) is -0.962. The summed E-state index contributed by atoms with van der Waals surface area (Å²) < 4.78 is 42.0. The van der Waals surface area contributed by atoms with Crippen LogP contribution in [0.2, 0.25) is 0 Å². The molecule has 0 spiro atoms. The van der Waals surface area contributed by atoms with E-state index >= 15 is 0 Å². The Morgan fingerprint density at radius 1 is 1.15 bits per heavy atom. The summed E-state index contributed by atoms with van der Waals surface area (Å²) >= 11 is 0. The third kappa shape index (κ3) is 5.04. The van der Waals surface area contributed by atoms with E-state index < -0.39 is 29.7 Å². The van der Waals surface area contributed by atoms with Crippen molar-refractivity contribution in [2.45, 2.75) is 56.4 Å². The highest BCUT2D eigenvalue weighted by Crippen LogP contribution is 2.36. The first-order valence-electron chi connectivity index (χ1n) is 11.0. The summed E-state index contributed by atoms with van der Waals surface area (Å²) in [7, 11) is 0. The number of amides is 1. The molecule has 4 rings (SSSR count). The molecule has 8 heteroatoms. The molecule has 0 radical (unpaired) electrons. The maximum Gasteiger partial charge on any atom is 0.407 e. The van der Waals surface area contributed by atoms with E-state index in [1.807, 2.05) is 36.5 Å². The molecule has 1 saturated carbocycles. The smallest absolute Gasteiger partial charge is 0.361 e. The van der Waals surface area contributed by atoms with E-state index in [1.54, 1.807) is 19.1 Å². The lowest BCUT2D eigenvalue weighted by Crippen LogP contribution is -2.51. The molecular formula is C25H25F3N4O. The molecule has 0 unspecified atom stereocenters. The Morgan fingerprint density at radius 2 is 1.85 bits per heavy atom. The molecule has 1 amide bonds. The third-order valence-electron chi connectivity index (χ3n) is 6.05. The zero-order valence-corrected chi connectivity index (χ0v) is 18.2. The van der Waals surface area contributed by atoms with Gasteiger partial charge in [-0.05, 0) is 59.5 Å². The van der Waals surface area contributed by atoms with Crippen LogP contribution in [0.1, 0.15) is 44.2 Å². The van der Waals surface area contributed by atoms with Gasteiger partial charge in [0.05, 0.1) is 12.1 Å². The van der Waals surface area contributed by atoms with Gasteiger partial charge in [0, 0.05) is 11.7 Å². The lowest BCUT2D eigenvalue weighted by molar-refractivity contribution is -0.161. The van der Waals surface area contributed by atoms with Crippen molar-refractivity contribution in [2.24, 2.45) is 0 Å². The van der Waals surface area contributed by atoms with Gasteiger partial charge in [-0.2, -0.15) is 18.4 Å². The summed E-state index contributed by atoms with van der Waals surface area (Å²) in [6, 6.07) is 13.0. The third-order valence-corrected chi connectivity index (χ3v) is 6.05. The Balaban J connectivity index is 1.56. The van der Waals surface area contributed by atoms with Gasteiger partial charge in [-0.15, -0.1) is 0 Å². The predicted octanol–water partition coefficient (Wildman–Crippen LogP) is 5.37. The van der Waals surface area contributed by atoms with Crippen LogP contribution < -0.4 is 10.6 Å². The highest BCUT2D eigenvalue weighted by atomic mass is 19.4. The normalized spacial score (nSPS) is 16.7. The lowest BCUT2D eigenvalue weighted by Gasteiger charge is -2.28. The second-order valence-corrected chi connectivity index (χ2v) is 8.57. The number of nitriles is 1. The second-order valence-electron chi connectivity index (χ2n) is 8.57. The Hall–Kier alpha value is -3.31. The zero-order chi connectivity index (χ0) is 23.6. The summed E-state index contributed by atoms with van der Waals surface area (Å²) in [5, 5.41) is 15.4. The number of alkyl halides is 3. The Labute approximate surface area is 190 Å². The number of aromatic nitrogens is 1. The van der Waals surface area contributed by atoms with Gasteiger partial charge < -0.3 is 10.3 Å². The van der Waals surface area contributed by atoms with Crippen LogP contribution in [0.15, 0.2) is 54.7 Å². The predicted molar refractivity (Wildman–Crippen MR) is 120 cm³/mol. The minimum atomic E-state index is -4.59.